The number of aromatic amines is 1. The fourth-order valence-electron chi connectivity index (χ4n) is 7.36. The average Bonchev–Trinajstić information content (AvgIpc) is 3.83. The molecule has 0 saturated carbocycles. The average molecular weight is 733 g/mol. The predicted octanol–water partition coefficient (Wildman–Crippen LogP) is 4.60. The topological polar surface area (TPSA) is 186 Å². The van der Waals surface area contributed by atoms with Gasteiger partial charge in [0.05, 0.1) is 28.7 Å². The monoisotopic (exact) mass is 732 g/mol. The van der Waals surface area contributed by atoms with Gasteiger partial charge in [0, 0.05) is 48.1 Å². The van der Waals surface area contributed by atoms with E-state index in [2.05, 4.69) is 38.1 Å². The largest absolute Gasteiger partial charge is 0.385 e. The van der Waals surface area contributed by atoms with E-state index in [9.17, 15) is 28.8 Å². The van der Waals surface area contributed by atoms with Gasteiger partial charge < -0.3 is 20.9 Å². The quantitative estimate of drug-likeness (QED) is 0.0913. The van der Waals surface area contributed by atoms with Crippen LogP contribution in [0.1, 0.15) is 106 Å². The van der Waals surface area contributed by atoms with Gasteiger partial charge in [-0.3, -0.25) is 43.9 Å². The van der Waals surface area contributed by atoms with E-state index < -0.39 is 29.7 Å². The number of fused-ring (bicyclic) bond motifs is 2. The normalized spacial score (nSPS) is 18.6. The molecule has 54 heavy (non-hydrogen) atoms. The lowest BCUT2D eigenvalue weighted by Gasteiger charge is -2.27. The molecule has 14 heteroatoms. The molecule has 2 fully saturated rings. The van der Waals surface area contributed by atoms with Gasteiger partial charge >= 0.3 is 0 Å². The van der Waals surface area contributed by atoms with E-state index in [1.165, 1.54) is 12.8 Å². The number of hydrogen-bond acceptors (Lipinski definition) is 9. The van der Waals surface area contributed by atoms with Crippen LogP contribution in [0.5, 0.6) is 0 Å². The minimum Gasteiger partial charge on any atom is -0.385 e. The number of H-pyrrole nitrogens is 1. The highest BCUT2D eigenvalue weighted by atomic mass is 16.2. The van der Waals surface area contributed by atoms with Crippen molar-refractivity contribution in [1.82, 2.24) is 30.4 Å². The molecule has 3 aliphatic heterocycles. The second-order valence-electron chi connectivity index (χ2n) is 14.2. The van der Waals surface area contributed by atoms with Crippen LogP contribution in [0.25, 0.3) is 11.0 Å². The lowest BCUT2D eigenvalue weighted by atomic mass is 10.0. The van der Waals surface area contributed by atoms with Crippen LogP contribution in [0, 0.1) is 0 Å². The van der Waals surface area contributed by atoms with E-state index in [4.69, 9.17) is 4.98 Å². The van der Waals surface area contributed by atoms with E-state index >= 15 is 0 Å². The molecule has 3 aromatic carbocycles. The lowest BCUT2D eigenvalue weighted by molar-refractivity contribution is -0.136. The van der Waals surface area contributed by atoms with Crippen molar-refractivity contribution in [2.24, 2.45) is 0 Å². The number of nitrogens with zero attached hydrogens (tertiary/aromatic N) is 3. The molecule has 0 radical (unpaired) electrons. The van der Waals surface area contributed by atoms with Gasteiger partial charge in [-0.1, -0.05) is 18.9 Å². The first-order valence-corrected chi connectivity index (χ1v) is 18.7. The van der Waals surface area contributed by atoms with E-state index in [1.807, 2.05) is 18.2 Å². The van der Waals surface area contributed by atoms with E-state index in [0.29, 0.717) is 41.6 Å². The highest BCUT2D eigenvalue weighted by Gasteiger charge is 2.44. The van der Waals surface area contributed by atoms with Gasteiger partial charge in [-0.05, 0) is 100 Å². The zero-order valence-corrected chi connectivity index (χ0v) is 30.2. The molecule has 2 atom stereocenters. The van der Waals surface area contributed by atoms with Crippen LogP contribution in [-0.4, -0.2) is 86.9 Å². The number of carbonyl (C=O) groups excluding carboxylic acids is 6. The Bertz CT molecular complexity index is 2130. The molecule has 7 rings (SSSR count). The summed E-state index contributed by atoms with van der Waals surface area (Å²) in [6.07, 6.45) is 6.03. The summed E-state index contributed by atoms with van der Waals surface area (Å²) in [5, 5.41) is 11.4. The van der Waals surface area contributed by atoms with Crippen LogP contribution >= 0.6 is 0 Å². The van der Waals surface area contributed by atoms with Crippen LogP contribution in [-0.2, 0) is 16.1 Å². The first kappa shape index (κ1) is 36.5. The summed E-state index contributed by atoms with van der Waals surface area (Å²) >= 11 is 0. The molecule has 4 aromatic rings. The molecule has 6 amide bonds. The fraction of sp³-hybridized carbons (Fsp3) is 0.375. The number of benzene rings is 3. The Morgan fingerprint density at radius 2 is 1.59 bits per heavy atom. The molecule has 4 heterocycles. The van der Waals surface area contributed by atoms with Crippen molar-refractivity contribution in [3.8, 4) is 0 Å². The van der Waals surface area contributed by atoms with E-state index in [1.54, 1.807) is 42.5 Å². The second kappa shape index (κ2) is 16.0. The van der Waals surface area contributed by atoms with Crippen molar-refractivity contribution in [2.45, 2.75) is 76.9 Å². The molecule has 0 bridgehead atoms. The van der Waals surface area contributed by atoms with Crippen LogP contribution < -0.4 is 21.3 Å². The Morgan fingerprint density at radius 3 is 2.37 bits per heavy atom. The van der Waals surface area contributed by atoms with Gasteiger partial charge in [0.15, 0.2) is 0 Å². The lowest BCUT2D eigenvalue weighted by Crippen LogP contribution is -2.54. The van der Waals surface area contributed by atoms with E-state index in [-0.39, 0.29) is 35.8 Å². The molecule has 5 N–H and O–H groups in total. The highest BCUT2D eigenvalue weighted by molar-refractivity contribution is 6.23. The van der Waals surface area contributed by atoms with Crippen molar-refractivity contribution >= 4 is 57.9 Å². The zero-order valence-electron chi connectivity index (χ0n) is 30.2. The van der Waals surface area contributed by atoms with Crippen molar-refractivity contribution in [3.63, 3.8) is 0 Å². The molecule has 1 unspecified atom stereocenters. The number of imide groups is 2. The number of anilines is 2. The predicted molar refractivity (Wildman–Crippen MR) is 202 cm³/mol. The van der Waals surface area contributed by atoms with Crippen LogP contribution in [0.2, 0.25) is 0 Å². The molecular formula is C40H44N8O6. The maximum absolute atomic E-state index is 13.1. The van der Waals surface area contributed by atoms with Crippen molar-refractivity contribution in [1.29, 1.82) is 0 Å². The molecule has 0 spiro atoms. The Morgan fingerprint density at radius 1 is 0.833 bits per heavy atom. The van der Waals surface area contributed by atoms with Gasteiger partial charge in [-0.2, -0.15) is 0 Å². The number of nitrogens with one attached hydrogen (secondary N) is 5. The van der Waals surface area contributed by atoms with E-state index in [0.717, 1.165) is 60.5 Å². The highest BCUT2D eigenvalue weighted by Crippen LogP contribution is 2.30. The van der Waals surface area contributed by atoms with Crippen molar-refractivity contribution in [2.75, 3.05) is 30.3 Å². The number of rotatable bonds is 14. The SMILES string of the molecule is C[C@H]1CCCN1Cc1nc2ccc(NC(=O)c3cccc(C(=O)NCCCCCCNc4ccc5c(c4)C(=O)N(C4CCC(=O)NC4=O)C5=O)c3)cc2[nH]1. The standard InChI is InChI=1S/C40H44N8O6/c1-24-8-7-19-47(24)23-34-44-31-14-12-28(22-32(31)45-34)43-37(51)26-10-6-9-25(20-26)36(50)42-18-5-3-2-4-17-41-27-11-13-29-30(21-27)40(54)48(39(29)53)33-15-16-35(49)46-38(33)52/h6,9-14,20-22,24,33,41H,2-5,7-8,15-19,23H2,1H3,(H,42,50)(H,43,51)(H,44,45)(H,46,49,52)/t24-,33?/m0/s1. The summed E-state index contributed by atoms with van der Waals surface area (Å²) in [4.78, 5) is 87.2. The Labute approximate surface area is 312 Å². The molecule has 3 aliphatic rings. The number of aromatic nitrogens is 2. The summed E-state index contributed by atoms with van der Waals surface area (Å²) in [5.41, 5.74) is 4.31. The third-order valence-corrected chi connectivity index (χ3v) is 10.4. The number of piperidine rings is 1. The maximum atomic E-state index is 13.1. The molecule has 2 saturated heterocycles. The van der Waals surface area contributed by atoms with Crippen LogP contribution in [0.15, 0.2) is 60.7 Å². The number of amides is 6. The van der Waals surface area contributed by atoms with Gasteiger partial charge in [-0.25, -0.2) is 4.98 Å². The summed E-state index contributed by atoms with van der Waals surface area (Å²) in [5.74, 6) is -1.76. The third kappa shape index (κ3) is 8.03. The summed E-state index contributed by atoms with van der Waals surface area (Å²) < 4.78 is 0. The van der Waals surface area contributed by atoms with Crippen LogP contribution in [0.3, 0.4) is 0 Å². The van der Waals surface area contributed by atoms with Gasteiger partial charge in [-0.15, -0.1) is 0 Å². The summed E-state index contributed by atoms with van der Waals surface area (Å²) in [7, 11) is 0. The fourth-order valence-corrected chi connectivity index (χ4v) is 7.36. The first-order chi connectivity index (χ1) is 26.1. The number of carbonyl (C=O) groups is 6. The van der Waals surface area contributed by atoms with Crippen molar-refractivity contribution in [3.05, 3.63) is 88.7 Å². The first-order valence-electron chi connectivity index (χ1n) is 18.7. The van der Waals surface area contributed by atoms with Gasteiger partial charge in [0.2, 0.25) is 11.8 Å². The molecule has 1 aromatic heterocycles. The van der Waals surface area contributed by atoms with Crippen molar-refractivity contribution < 1.29 is 28.8 Å². The van der Waals surface area contributed by atoms with Gasteiger partial charge in [0.25, 0.3) is 23.6 Å². The van der Waals surface area contributed by atoms with Gasteiger partial charge in [0.1, 0.15) is 11.9 Å². The Kier molecular flexibility index (Phi) is 10.8. The molecular weight excluding hydrogens is 688 g/mol. The molecule has 280 valence electrons. The number of likely N-dealkylation sites (tertiary alicyclic amines) is 1. The minimum absolute atomic E-state index is 0.0722. The third-order valence-electron chi connectivity index (χ3n) is 10.4. The summed E-state index contributed by atoms with van der Waals surface area (Å²) in [6.45, 7) is 5.23. The smallest absolute Gasteiger partial charge is 0.262 e. The summed E-state index contributed by atoms with van der Waals surface area (Å²) in [6, 6.07) is 16.8. The number of unbranched alkanes of at least 4 members (excludes halogenated alkanes) is 3. The Hall–Kier alpha value is -5.89. The second-order valence-corrected chi connectivity index (χ2v) is 14.2. The van der Waals surface area contributed by atoms with Crippen LogP contribution in [0.4, 0.5) is 11.4 Å². The molecule has 14 nitrogen and oxygen atoms in total. The maximum Gasteiger partial charge on any atom is 0.262 e. The minimum atomic E-state index is -0.995. The molecule has 0 aliphatic carbocycles. The Balaban J connectivity index is 0.815. The number of hydrogen-bond donors (Lipinski definition) is 5. The zero-order chi connectivity index (χ0) is 37.8. The number of imidazole rings is 1.